The summed E-state index contributed by atoms with van der Waals surface area (Å²) in [5.74, 6) is 0.326. The van der Waals surface area contributed by atoms with E-state index in [1.165, 1.54) is 19.2 Å². The molecule has 2 aromatic rings. The predicted octanol–water partition coefficient (Wildman–Crippen LogP) is 3.83. The Balaban J connectivity index is 2.41. The number of aromatic nitrogens is 2. The fourth-order valence-electron chi connectivity index (χ4n) is 2.46. The highest BCUT2D eigenvalue weighted by molar-refractivity contribution is 5.67. The molecule has 0 spiro atoms. The molecule has 2 rings (SSSR count). The number of halogens is 2. The molecule has 8 heteroatoms. The van der Waals surface area contributed by atoms with E-state index in [0.29, 0.717) is 24.1 Å². The van der Waals surface area contributed by atoms with E-state index >= 15 is 0 Å². The number of nitrogens with zero attached hydrogens (tertiary/aromatic N) is 3. The zero-order valence-corrected chi connectivity index (χ0v) is 14.1. The van der Waals surface area contributed by atoms with E-state index in [0.717, 1.165) is 11.3 Å². The Morgan fingerprint density at radius 2 is 1.96 bits per heavy atom. The second-order valence-corrected chi connectivity index (χ2v) is 5.04. The van der Waals surface area contributed by atoms with E-state index in [9.17, 15) is 14.0 Å². The molecule has 6 nitrogen and oxygen atoms in total. The number of anilines is 2. The quantitative estimate of drug-likeness (QED) is 0.819. The van der Waals surface area contributed by atoms with Crippen molar-refractivity contribution in [3.8, 4) is 17.6 Å². The average Bonchev–Trinajstić information content (AvgIpc) is 2.60. The Bertz CT molecular complexity index is 791. The van der Waals surface area contributed by atoms with Crippen LogP contribution in [-0.4, -0.2) is 23.9 Å². The molecule has 0 radical (unpaired) electrons. The molecule has 1 heterocycles. The molecule has 25 heavy (non-hydrogen) atoms. The number of hydrogen-bond acceptors (Lipinski definition) is 6. The summed E-state index contributed by atoms with van der Waals surface area (Å²) in [7, 11) is 1.36. The lowest BCUT2D eigenvalue weighted by molar-refractivity contribution is -0.0511. The first-order valence-electron chi connectivity index (χ1n) is 7.72. The standard InChI is InChI=1S/C17H18F2N4O2/c1-4-11-12(9-20)16(23-22-13(11)5-2)21-10-6-7-14(24-3)15(8-10)25-17(18)19/h6-8,17H,4-5H2,1-3H3,(H,21,23). The van der Waals surface area contributed by atoms with Gasteiger partial charge < -0.3 is 14.8 Å². The van der Waals surface area contributed by atoms with Gasteiger partial charge in [0.05, 0.1) is 12.8 Å². The minimum Gasteiger partial charge on any atom is -0.493 e. The molecule has 0 saturated carbocycles. The van der Waals surface area contributed by atoms with Gasteiger partial charge in [-0.2, -0.15) is 19.1 Å². The summed E-state index contributed by atoms with van der Waals surface area (Å²) in [6, 6.07) is 6.59. The van der Waals surface area contributed by atoms with Gasteiger partial charge in [0.15, 0.2) is 17.3 Å². The van der Waals surface area contributed by atoms with Crippen molar-refractivity contribution < 1.29 is 18.3 Å². The first-order chi connectivity index (χ1) is 12.0. The van der Waals surface area contributed by atoms with Crippen LogP contribution in [0.2, 0.25) is 0 Å². The Kier molecular flexibility index (Phi) is 6.06. The largest absolute Gasteiger partial charge is 0.493 e. The lowest BCUT2D eigenvalue weighted by Crippen LogP contribution is -2.08. The number of rotatable bonds is 7. The number of hydrogen-bond donors (Lipinski definition) is 1. The van der Waals surface area contributed by atoms with Gasteiger partial charge in [0.2, 0.25) is 0 Å². The third kappa shape index (κ3) is 4.12. The fourth-order valence-corrected chi connectivity index (χ4v) is 2.46. The zero-order valence-electron chi connectivity index (χ0n) is 14.1. The molecule has 1 aromatic carbocycles. The molecule has 0 aliphatic heterocycles. The maximum atomic E-state index is 12.5. The van der Waals surface area contributed by atoms with Crippen molar-refractivity contribution in [3.63, 3.8) is 0 Å². The van der Waals surface area contributed by atoms with Gasteiger partial charge in [-0.1, -0.05) is 13.8 Å². The van der Waals surface area contributed by atoms with Crippen LogP contribution in [0.15, 0.2) is 18.2 Å². The number of aryl methyl sites for hydroxylation is 1. The summed E-state index contributed by atoms with van der Waals surface area (Å²) in [6.07, 6.45) is 1.30. The molecule has 1 aromatic heterocycles. The number of benzene rings is 1. The highest BCUT2D eigenvalue weighted by atomic mass is 19.3. The summed E-state index contributed by atoms with van der Waals surface area (Å²) in [5, 5.41) is 20.6. The summed E-state index contributed by atoms with van der Waals surface area (Å²) in [5.41, 5.74) is 2.40. The highest BCUT2D eigenvalue weighted by Gasteiger charge is 2.16. The van der Waals surface area contributed by atoms with Crippen LogP contribution < -0.4 is 14.8 Å². The molecule has 1 N–H and O–H groups in total. The van der Waals surface area contributed by atoms with Crippen molar-refractivity contribution in [2.45, 2.75) is 33.3 Å². The Labute approximate surface area is 144 Å². The topological polar surface area (TPSA) is 80.1 Å². The van der Waals surface area contributed by atoms with E-state index in [1.54, 1.807) is 6.07 Å². The van der Waals surface area contributed by atoms with Crippen LogP contribution in [0, 0.1) is 11.3 Å². The number of methoxy groups -OCH3 is 1. The van der Waals surface area contributed by atoms with Crippen LogP contribution in [0.5, 0.6) is 11.5 Å². The van der Waals surface area contributed by atoms with Crippen LogP contribution in [-0.2, 0) is 12.8 Å². The predicted molar refractivity (Wildman–Crippen MR) is 88.4 cm³/mol. The third-order valence-corrected chi connectivity index (χ3v) is 3.60. The van der Waals surface area contributed by atoms with Crippen molar-refractivity contribution in [2.75, 3.05) is 12.4 Å². The van der Waals surface area contributed by atoms with Crippen molar-refractivity contribution in [2.24, 2.45) is 0 Å². The van der Waals surface area contributed by atoms with Crippen LogP contribution >= 0.6 is 0 Å². The van der Waals surface area contributed by atoms with E-state index < -0.39 is 6.61 Å². The highest BCUT2D eigenvalue weighted by Crippen LogP contribution is 2.33. The minimum absolute atomic E-state index is 0.116. The lowest BCUT2D eigenvalue weighted by atomic mass is 10.0. The second kappa shape index (κ2) is 8.24. The molecule has 0 unspecified atom stereocenters. The number of alkyl halides is 2. The van der Waals surface area contributed by atoms with Crippen LogP contribution in [0.3, 0.4) is 0 Å². The normalized spacial score (nSPS) is 10.4. The molecule has 0 atom stereocenters. The molecule has 0 aliphatic carbocycles. The first-order valence-corrected chi connectivity index (χ1v) is 7.72. The number of ether oxygens (including phenoxy) is 2. The smallest absolute Gasteiger partial charge is 0.387 e. The molecular formula is C17H18F2N4O2. The van der Waals surface area contributed by atoms with Crippen molar-refractivity contribution in [3.05, 3.63) is 35.0 Å². The Morgan fingerprint density at radius 3 is 2.52 bits per heavy atom. The van der Waals surface area contributed by atoms with Gasteiger partial charge in [0, 0.05) is 11.8 Å². The van der Waals surface area contributed by atoms with E-state index in [-0.39, 0.29) is 17.3 Å². The maximum absolute atomic E-state index is 12.5. The van der Waals surface area contributed by atoms with Gasteiger partial charge in [-0.15, -0.1) is 5.10 Å². The molecule has 0 saturated heterocycles. The molecule has 0 amide bonds. The van der Waals surface area contributed by atoms with Gasteiger partial charge in [-0.05, 0) is 30.5 Å². The number of nitrogens with one attached hydrogen (secondary N) is 1. The Morgan fingerprint density at radius 1 is 1.20 bits per heavy atom. The third-order valence-electron chi connectivity index (χ3n) is 3.60. The summed E-state index contributed by atoms with van der Waals surface area (Å²) in [6.45, 7) is 0.895. The van der Waals surface area contributed by atoms with Gasteiger partial charge in [0.25, 0.3) is 0 Å². The van der Waals surface area contributed by atoms with Crippen molar-refractivity contribution in [1.82, 2.24) is 10.2 Å². The average molecular weight is 348 g/mol. The second-order valence-electron chi connectivity index (χ2n) is 5.04. The lowest BCUT2D eigenvalue weighted by Gasteiger charge is -2.14. The summed E-state index contributed by atoms with van der Waals surface area (Å²) < 4.78 is 34.5. The molecule has 0 bridgehead atoms. The maximum Gasteiger partial charge on any atom is 0.387 e. The van der Waals surface area contributed by atoms with Gasteiger partial charge in [-0.25, -0.2) is 0 Å². The summed E-state index contributed by atoms with van der Waals surface area (Å²) >= 11 is 0. The van der Waals surface area contributed by atoms with E-state index in [2.05, 4.69) is 26.3 Å². The number of nitriles is 1. The molecule has 0 fully saturated rings. The van der Waals surface area contributed by atoms with Crippen LogP contribution in [0.4, 0.5) is 20.3 Å². The van der Waals surface area contributed by atoms with Crippen molar-refractivity contribution in [1.29, 1.82) is 5.26 Å². The minimum atomic E-state index is -2.98. The van der Waals surface area contributed by atoms with Crippen LogP contribution in [0.1, 0.15) is 30.7 Å². The SMILES string of the molecule is CCc1nnc(Nc2ccc(OC)c(OC(F)F)c2)c(C#N)c1CC. The first kappa shape index (κ1) is 18.4. The summed E-state index contributed by atoms with van der Waals surface area (Å²) in [4.78, 5) is 0. The monoisotopic (exact) mass is 348 g/mol. The van der Waals surface area contributed by atoms with E-state index in [4.69, 9.17) is 4.74 Å². The molecular weight excluding hydrogens is 330 g/mol. The van der Waals surface area contributed by atoms with Crippen LogP contribution in [0.25, 0.3) is 0 Å². The zero-order chi connectivity index (χ0) is 18.4. The van der Waals surface area contributed by atoms with Crippen molar-refractivity contribution >= 4 is 11.5 Å². The van der Waals surface area contributed by atoms with Gasteiger partial charge >= 0.3 is 6.61 Å². The van der Waals surface area contributed by atoms with E-state index in [1.807, 2.05) is 13.8 Å². The van der Waals surface area contributed by atoms with Gasteiger partial charge in [-0.3, -0.25) is 0 Å². The fraction of sp³-hybridized carbons (Fsp3) is 0.353. The van der Waals surface area contributed by atoms with Gasteiger partial charge in [0.1, 0.15) is 11.6 Å². The molecule has 0 aliphatic rings. The molecule has 132 valence electrons. The Hall–Kier alpha value is -2.95.